The first-order valence-electron chi connectivity index (χ1n) is 4.64. The number of halogens is 2. The van der Waals surface area contributed by atoms with E-state index >= 15 is 0 Å². The van der Waals surface area contributed by atoms with Gasteiger partial charge in [-0.1, -0.05) is 0 Å². The maximum atomic E-state index is 13.1. The minimum absolute atomic E-state index is 0.179. The quantitative estimate of drug-likeness (QED) is 0.605. The zero-order valence-corrected chi connectivity index (χ0v) is 7.91. The third kappa shape index (κ3) is 2.29. The Labute approximate surface area is 87.3 Å². The number of hydrogen-bond acceptors (Lipinski definition) is 2. The van der Waals surface area contributed by atoms with Crippen LogP contribution in [0.25, 0.3) is 0 Å². The van der Waals surface area contributed by atoms with E-state index in [1.807, 2.05) is 0 Å². The Morgan fingerprint density at radius 3 is 2.60 bits per heavy atom. The third-order valence-electron chi connectivity index (χ3n) is 2.33. The zero-order valence-electron chi connectivity index (χ0n) is 7.91. The number of ether oxygens (including phenoxy) is 1. The standard InChI is InChI=1S/C10H9BF2O2/c11-10(14,6-1-2-6)15-9-4-3-7(12)5-8(9)13/h3-6,14H,1-2H2. The fraction of sp³-hybridized carbons (Fsp3) is 0.400. The van der Waals surface area contributed by atoms with Crippen molar-refractivity contribution in [3.63, 3.8) is 0 Å². The molecule has 1 aliphatic carbocycles. The lowest BCUT2D eigenvalue weighted by Crippen LogP contribution is -2.39. The van der Waals surface area contributed by atoms with Crippen molar-refractivity contribution >= 4 is 7.85 Å². The Morgan fingerprint density at radius 1 is 1.40 bits per heavy atom. The van der Waals surface area contributed by atoms with E-state index in [0.717, 1.165) is 25.0 Å². The van der Waals surface area contributed by atoms with Crippen LogP contribution in [-0.4, -0.2) is 18.6 Å². The summed E-state index contributed by atoms with van der Waals surface area (Å²) in [5.74, 6) is -2.00. The molecule has 0 aromatic heterocycles. The van der Waals surface area contributed by atoms with E-state index in [1.54, 1.807) is 0 Å². The second-order valence-electron chi connectivity index (χ2n) is 3.70. The monoisotopic (exact) mass is 210 g/mol. The number of aliphatic hydroxyl groups is 1. The van der Waals surface area contributed by atoms with E-state index in [9.17, 15) is 13.9 Å². The van der Waals surface area contributed by atoms with Gasteiger partial charge in [0, 0.05) is 12.0 Å². The molecule has 5 heteroatoms. The van der Waals surface area contributed by atoms with Crippen molar-refractivity contribution in [3.8, 4) is 5.75 Å². The zero-order chi connectivity index (χ0) is 11.1. The van der Waals surface area contributed by atoms with Gasteiger partial charge in [-0.05, 0) is 25.0 Å². The highest BCUT2D eigenvalue weighted by Crippen LogP contribution is 2.39. The minimum Gasteiger partial charge on any atom is -0.469 e. The third-order valence-corrected chi connectivity index (χ3v) is 2.33. The van der Waals surface area contributed by atoms with Crippen LogP contribution < -0.4 is 4.74 Å². The summed E-state index contributed by atoms with van der Waals surface area (Å²) in [6.07, 6.45) is 1.49. The summed E-state index contributed by atoms with van der Waals surface area (Å²) in [6, 6.07) is 2.82. The summed E-state index contributed by atoms with van der Waals surface area (Å²) in [6.45, 7) is 0. The van der Waals surface area contributed by atoms with E-state index in [4.69, 9.17) is 12.6 Å². The predicted molar refractivity (Wildman–Crippen MR) is 50.4 cm³/mol. The predicted octanol–water partition coefficient (Wildman–Crippen LogP) is 1.57. The summed E-state index contributed by atoms with van der Waals surface area (Å²) >= 11 is 0. The Balaban J connectivity index is 2.16. The van der Waals surface area contributed by atoms with Crippen LogP contribution in [0.5, 0.6) is 5.75 Å². The van der Waals surface area contributed by atoms with Crippen LogP contribution in [0.2, 0.25) is 0 Å². The van der Waals surface area contributed by atoms with Crippen molar-refractivity contribution in [3.05, 3.63) is 29.8 Å². The summed E-state index contributed by atoms with van der Waals surface area (Å²) in [5, 5.41) is 9.60. The number of rotatable bonds is 3. The SMILES string of the molecule is [B]C(O)(Oc1ccc(F)cc1F)C1CC1. The summed E-state index contributed by atoms with van der Waals surface area (Å²) in [5.41, 5.74) is -1.86. The molecule has 0 heterocycles. The molecule has 1 N–H and O–H groups in total. The molecule has 1 aromatic rings. The Hall–Kier alpha value is -1.10. The van der Waals surface area contributed by atoms with Crippen molar-refractivity contribution in [1.82, 2.24) is 0 Å². The fourth-order valence-electron chi connectivity index (χ4n) is 1.31. The molecule has 1 fully saturated rings. The number of benzene rings is 1. The van der Waals surface area contributed by atoms with Crippen LogP contribution in [0, 0.1) is 17.6 Å². The van der Waals surface area contributed by atoms with Crippen molar-refractivity contribution in [1.29, 1.82) is 0 Å². The van der Waals surface area contributed by atoms with Gasteiger partial charge in [-0.25, -0.2) is 8.78 Å². The van der Waals surface area contributed by atoms with Crippen LogP contribution in [0.1, 0.15) is 12.8 Å². The van der Waals surface area contributed by atoms with Crippen molar-refractivity contribution < 1.29 is 18.6 Å². The van der Waals surface area contributed by atoms with E-state index in [1.165, 1.54) is 0 Å². The van der Waals surface area contributed by atoms with Gasteiger partial charge < -0.3 is 9.84 Å². The first-order valence-corrected chi connectivity index (χ1v) is 4.64. The maximum absolute atomic E-state index is 13.1. The van der Waals surface area contributed by atoms with Crippen LogP contribution in [-0.2, 0) is 0 Å². The highest BCUT2D eigenvalue weighted by molar-refractivity contribution is 6.13. The Bertz CT molecular complexity index is 378. The van der Waals surface area contributed by atoms with Gasteiger partial charge in [0.05, 0.1) is 0 Å². The van der Waals surface area contributed by atoms with Gasteiger partial charge in [0.15, 0.2) is 25.1 Å². The molecule has 78 valence electrons. The fourth-order valence-corrected chi connectivity index (χ4v) is 1.31. The normalized spacial score (nSPS) is 19.7. The highest BCUT2D eigenvalue weighted by Gasteiger charge is 2.41. The lowest BCUT2D eigenvalue weighted by Gasteiger charge is -2.25. The van der Waals surface area contributed by atoms with Crippen molar-refractivity contribution in [2.24, 2.45) is 5.92 Å². The molecule has 2 nitrogen and oxygen atoms in total. The van der Waals surface area contributed by atoms with Crippen molar-refractivity contribution in [2.75, 3.05) is 0 Å². The lowest BCUT2D eigenvalue weighted by atomic mass is 9.89. The molecule has 1 unspecified atom stereocenters. The molecule has 0 amide bonds. The van der Waals surface area contributed by atoms with Gasteiger partial charge in [-0.3, -0.25) is 0 Å². The summed E-state index contributed by atoms with van der Waals surface area (Å²) < 4.78 is 30.6. The molecule has 1 aliphatic rings. The maximum Gasteiger partial charge on any atom is 0.173 e. The van der Waals surface area contributed by atoms with Crippen LogP contribution in [0.4, 0.5) is 8.78 Å². The van der Waals surface area contributed by atoms with E-state index in [2.05, 4.69) is 0 Å². The molecule has 2 rings (SSSR count). The van der Waals surface area contributed by atoms with E-state index < -0.39 is 17.3 Å². The minimum atomic E-state index is -1.86. The molecular formula is C10H9BF2O2. The topological polar surface area (TPSA) is 29.5 Å². The molecule has 0 bridgehead atoms. The van der Waals surface area contributed by atoms with Crippen molar-refractivity contribution in [2.45, 2.75) is 18.5 Å². The van der Waals surface area contributed by atoms with Crippen LogP contribution in [0.15, 0.2) is 18.2 Å². The van der Waals surface area contributed by atoms with Crippen LogP contribution in [0.3, 0.4) is 0 Å². The Morgan fingerprint density at radius 2 is 2.07 bits per heavy atom. The summed E-state index contributed by atoms with van der Waals surface area (Å²) in [7, 11) is 5.43. The molecule has 0 aliphatic heterocycles. The van der Waals surface area contributed by atoms with Gasteiger partial charge in [-0.2, -0.15) is 0 Å². The second-order valence-corrected chi connectivity index (χ2v) is 3.70. The molecule has 1 saturated carbocycles. The smallest absolute Gasteiger partial charge is 0.173 e. The van der Waals surface area contributed by atoms with E-state index in [0.29, 0.717) is 6.07 Å². The van der Waals surface area contributed by atoms with Gasteiger partial charge in [0.25, 0.3) is 0 Å². The molecule has 15 heavy (non-hydrogen) atoms. The molecule has 1 aromatic carbocycles. The average Bonchev–Trinajstić information content (AvgIpc) is 2.92. The second kappa shape index (κ2) is 3.49. The number of hydrogen-bond donors (Lipinski definition) is 1. The molecule has 0 spiro atoms. The molecular weight excluding hydrogens is 201 g/mol. The molecule has 0 saturated heterocycles. The van der Waals surface area contributed by atoms with Gasteiger partial charge in [0.2, 0.25) is 0 Å². The highest BCUT2D eigenvalue weighted by atomic mass is 19.1. The first kappa shape index (κ1) is 10.4. The summed E-state index contributed by atoms with van der Waals surface area (Å²) in [4.78, 5) is 0. The Kier molecular flexibility index (Phi) is 2.42. The molecule has 1 atom stereocenters. The lowest BCUT2D eigenvalue weighted by molar-refractivity contribution is -0.0811. The first-order chi connectivity index (χ1) is 6.99. The van der Waals surface area contributed by atoms with Gasteiger partial charge in [0.1, 0.15) is 5.82 Å². The molecule has 2 radical (unpaired) electrons. The van der Waals surface area contributed by atoms with Crippen LogP contribution >= 0.6 is 0 Å². The average molecular weight is 210 g/mol. The van der Waals surface area contributed by atoms with Gasteiger partial charge >= 0.3 is 0 Å². The largest absolute Gasteiger partial charge is 0.469 e. The van der Waals surface area contributed by atoms with E-state index in [-0.39, 0.29) is 11.7 Å². The van der Waals surface area contributed by atoms with Gasteiger partial charge in [-0.15, -0.1) is 0 Å².